The van der Waals surface area contributed by atoms with Crippen molar-refractivity contribution in [1.29, 1.82) is 0 Å². The number of carbonyl (C=O) groups excluding carboxylic acids is 2. The van der Waals surface area contributed by atoms with Gasteiger partial charge in [-0.15, -0.1) is 0 Å². The van der Waals surface area contributed by atoms with Gasteiger partial charge in [0.2, 0.25) is 11.8 Å². The molecule has 0 bridgehead atoms. The number of halogens is 2. The smallest absolute Gasteiger partial charge is 0.238 e. The largest absolute Gasteiger partial charge is 0.351 e. The Labute approximate surface area is 174 Å². The molecule has 2 aromatic carbocycles. The molecule has 0 atom stereocenters. The van der Waals surface area contributed by atoms with Crippen molar-refractivity contribution in [3.63, 3.8) is 0 Å². The predicted octanol–water partition coefficient (Wildman–Crippen LogP) is 2.35. The first-order valence-electron chi connectivity index (χ1n) is 9.49. The molecule has 2 amide bonds. The number of hydrogen-bond donors (Lipinski definition) is 2. The normalized spacial score (nSPS) is 15.1. The average molecular weight is 419 g/mol. The van der Waals surface area contributed by atoms with Crippen molar-refractivity contribution in [2.24, 2.45) is 0 Å². The van der Waals surface area contributed by atoms with E-state index >= 15 is 0 Å². The Bertz CT molecular complexity index is 856. The molecule has 8 heteroatoms. The molecular weight excluding hydrogens is 395 g/mol. The molecule has 29 heavy (non-hydrogen) atoms. The second-order valence-corrected chi connectivity index (χ2v) is 7.45. The molecule has 2 N–H and O–H groups in total. The molecular formula is C21H24ClFN4O2. The Hall–Kier alpha value is -2.48. The molecule has 2 aromatic rings. The first-order chi connectivity index (χ1) is 14.0. The summed E-state index contributed by atoms with van der Waals surface area (Å²) < 4.78 is 13.2. The van der Waals surface area contributed by atoms with Crippen molar-refractivity contribution in [3.05, 3.63) is 64.9 Å². The van der Waals surface area contributed by atoms with E-state index < -0.39 is 0 Å². The van der Waals surface area contributed by atoms with Gasteiger partial charge in [-0.05, 0) is 35.9 Å². The molecule has 0 aromatic heterocycles. The van der Waals surface area contributed by atoms with Crippen molar-refractivity contribution in [1.82, 2.24) is 15.1 Å². The van der Waals surface area contributed by atoms with Crippen LogP contribution in [0.5, 0.6) is 0 Å². The monoisotopic (exact) mass is 418 g/mol. The first-order valence-corrected chi connectivity index (χ1v) is 9.87. The molecule has 0 aliphatic carbocycles. The number of piperazine rings is 1. The standard InChI is InChI=1S/C21H24ClFN4O2/c22-17-4-1-3-16(11-17)13-24-20(28)14-26-7-9-27(10-8-26)15-21(29)25-19-6-2-5-18(23)12-19/h1-6,11-12H,7-10,13-15H2,(H,24,28)(H,25,29). The maximum Gasteiger partial charge on any atom is 0.238 e. The third-order valence-corrected chi connectivity index (χ3v) is 4.92. The maximum atomic E-state index is 13.2. The fourth-order valence-electron chi connectivity index (χ4n) is 3.18. The van der Waals surface area contributed by atoms with E-state index in [1.807, 2.05) is 23.1 Å². The van der Waals surface area contributed by atoms with Crippen molar-refractivity contribution in [3.8, 4) is 0 Å². The summed E-state index contributed by atoms with van der Waals surface area (Å²) in [5, 5.41) is 6.25. The van der Waals surface area contributed by atoms with Crippen molar-refractivity contribution in [2.45, 2.75) is 6.54 Å². The minimum absolute atomic E-state index is 0.0396. The van der Waals surface area contributed by atoms with Gasteiger partial charge in [-0.25, -0.2) is 4.39 Å². The Morgan fingerprint density at radius 3 is 2.24 bits per heavy atom. The van der Waals surface area contributed by atoms with Crippen molar-refractivity contribution < 1.29 is 14.0 Å². The minimum Gasteiger partial charge on any atom is -0.351 e. The molecule has 0 radical (unpaired) electrons. The van der Waals surface area contributed by atoms with Crippen molar-refractivity contribution >= 4 is 29.1 Å². The van der Waals surface area contributed by atoms with Crippen LogP contribution in [0.25, 0.3) is 0 Å². The van der Waals surface area contributed by atoms with Gasteiger partial charge in [-0.2, -0.15) is 0 Å². The van der Waals surface area contributed by atoms with Crippen LogP contribution >= 0.6 is 11.6 Å². The Kier molecular flexibility index (Phi) is 7.57. The number of amides is 2. The summed E-state index contributed by atoms with van der Waals surface area (Å²) in [6.07, 6.45) is 0. The third kappa shape index (κ3) is 7.12. The number of nitrogens with one attached hydrogen (secondary N) is 2. The predicted molar refractivity (Wildman–Crippen MR) is 111 cm³/mol. The van der Waals surface area contributed by atoms with Gasteiger partial charge in [0.1, 0.15) is 5.82 Å². The summed E-state index contributed by atoms with van der Waals surface area (Å²) >= 11 is 5.95. The van der Waals surface area contributed by atoms with Crippen molar-refractivity contribution in [2.75, 3.05) is 44.6 Å². The molecule has 1 aliphatic rings. The number of anilines is 1. The third-order valence-electron chi connectivity index (χ3n) is 4.69. The minimum atomic E-state index is -0.384. The second-order valence-electron chi connectivity index (χ2n) is 7.02. The zero-order valence-electron chi connectivity index (χ0n) is 16.0. The average Bonchev–Trinajstić information content (AvgIpc) is 2.68. The van der Waals surface area contributed by atoms with Crippen LogP contribution in [0.15, 0.2) is 48.5 Å². The van der Waals surface area contributed by atoms with Gasteiger partial charge >= 0.3 is 0 Å². The molecule has 154 valence electrons. The van der Waals surface area contributed by atoms with Crippen LogP contribution in [0.4, 0.5) is 10.1 Å². The van der Waals surface area contributed by atoms with Gasteiger partial charge in [0.15, 0.2) is 0 Å². The van der Waals surface area contributed by atoms with E-state index in [2.05, 4.69) is 15.5 Å². The van der Waals surface area contributed by atoms with Crippen LogP contribution < -0.4 is 10.6 Å². The number of benzene rings is 2. The lowest BCUT2D eigenvalue weighted by atomic mass is 10.2. The number of carbonyl (C=O) groups is 2. The van der Waals surface area contributed by atoms with E-state index in [9.17, 15) is 14.0 Å². The highest BCUT2D eigenvalue weighted by Crippen LogP contribution is 2.11. The summed E-state index contributed by atoms with van der Waals surface area (Å²) in [6, 6.07) is 13.2. The molecule has 0 spiro atoms. The summed E-state index contributed by atoms with van der Waals surface area (Å²) in [7, 11) is 0. The Balaban J connectivity index is 1.35. The van der Waals surface area contributed by atoms with E-state index in [1.165, 1.54) is 12.1 Å². The maximum absolute atomic E-state index is 13.2. The summed E-state index contributed by atoms with van der Waals surface area (Å²) in [4.78, 5) is 28.4. The highest BCUT2D eigenvalue weighted by molar-refractivity contribution is 6.30. The molecule has 1 heterocycles. The lowest BCUT2D eigenvalue weighted by Crippen LogP contribution is -2.50. The van der Waals surface area contributed by atoms with E-state index in [1.54, 1.807) is 18.2 Å². The highest BCUT2D eigenvalue weighted by atomic mass is 35.5. The summed E-state index contributed by atoms with van der Waals surface area (Å²) in [5.74, 6) is -0.601. The van der Waals surface area contributed by atoms with Gasteiger partial charge in [-0.1, -0.05) is 29.8 Å². The lowest BCUT2D eigenvalue weighted by Gasteiger charge is -2.33. The zero-order chi connectivity index (χ0) is 20.6. The Morgan fingerprint density at radius 1 is 0.931 bits per heavy atom. The van der Waals surface area contributed by atoms with E-state index in [-0.39, 0.29) is 24.2 Å². The van der Waals surface area contributed by atoms with Gasteiger partial charge < -0.3 is 10.6 Å². The van der Waals surface area contributed by atoms with E-state index in [0.717, 1.165) is 5.56 Å². The first kappa shape index (κ1) is 21.2. The highest BCUT2D eigenvalue weighted by Gasteiger charge is 2.20. The number of rotatable bonds is 7. The topological polar surface area (TPSA) is 64.7 Å². The molecule has 1 aliphatic heterocycles. The van der Waals surface area contributed by atoms with Gasteiger partial charge in [0.25, 0.3) is 0 Å². The van der Waals surface area contributed by atoms with Crippen LogP contribution in [0.1, 0.15) is 5.56 Å². The van der Waals surface area contributed by atoms with Crippen LogP contribution in [0, 0.1) is 5.82 Å². The quantitative estimate of drug-likeness (QED) is 0.724. The van der Waals surface area contributed by atoms with E-state index in [4.69, 9.17) is 11.6 Å². The lowest BCUT2D eigenvalue weighted by molar-refractivity contribution is -0.123. The molecule has 3 rings (SSSR count). The fourth-order valence-corrected chi connectivity index (χ4v) is 3.39. The second kappa shape index (κ2) is 10.3. The molecule has 0 unspecified atom stereocenters. The molecule has 1 fully saturated rings. The van der Waals surface area contributed by atoms with Gasteiger partial charge in [-0.3, -0.25) is 19.4 Å². The number of nitrogens with zero attached hydrogens (tertiary/aromatic N) is 2. The van der Waals surface area contributed by atoms with Crippen LogP contribution in [0.2, 0.25) is 5.02 Å². The van der Waals surface area contributed by atoms with Crippen LogP contribution in [-0.4, -0.2) is 60.9 Å². The fraction of sp³-hybridized carbons (Fsp3) is 0.333. The molecule has 1 saturated heterocycles. The zero-order valence-corrected chi connectivity index (χ0v) is 16.8. The molecule has 6 nitrogen and oxygen atoms in total. The summed E-state index contributed by atoms with van der Waals surface area (Å²) in [5.41, 5.74) is 1.41. The SMILES string of the molecule is O=C(CN1CCN(CC(=O)Nc2cccc(F)c2)CC1)NCc1cccc(Cl)c1. The Morgan fingerprint density at radius 2 is 1.59 bits per heavy atom. The van der Waals surface area contributed by atoms with Crippen LogP contribution in [0.3, 0.4) is 0 Å². The van der Waals surface area contributed by atoms with Gasteiger partial charge in [0, 0.05) is 43.4 Å². The van der Waals surface area contributed by atoms with E-state index in [0.29, 0.717) is 50.0 Å². The van der Waals surface area contributed by atoms with Gasteiger partial charge in [0.05, 0.1) is 13.1 Å². The molecule has 0 saturated carbocycles. The van der Waals surface area contributed by atoms with Crippen LogP contribution in [-0.2, 0) is 16.1 Å². The number of hydrogen-bond acceptors (Lipinski definition) is 4. The summed E-state index contributed by atoms with van der Waals surface area (Å²) in [6.45, 7) is 3.81.